The van der Waals surface area contributed by atoms with Crippen molar-refractivity contribution in [3.8, 4) is 67.6 Å². The van der Waals surface area contributed by atoms with Gasteiger partial charge in [-0.25, -0.2) is 0 Å². The topological polar surface area (TPSA) is 50.9 Å². The third-order valence-electron chi connectivity index (χ3n) is 12.1. The summed E-state index contributed by atoms with van der Waals surface area (Å²) >= 11 is 0. The van der Waals surface area contributed by atoms with Crippen molar-refractivity contribution in [1.29, 1.82) is 0 Å². The van der Waals surface area contributed by atoms with Crippen LogP contribution in [0.25, 0.3) is 94.4 Å². The zero-order valence-corrected chi connectivity index (χ0v) is 38.6. The average molecular weight is 998 g/mol. The van der Waals surface area contributed by atoms with E-state index in [2.05, 4.69) is 198 Å². The molecule has 0 radical (unpaired) electrons. The Hall–Kier alpha value is -6.61. The van der Waals surface area contributed by atoms with Crippen molar-refractivity contribution >= 4 is 32.6 Å². The monoisotopic (exact) mass is 997 g/mol. The number of nitrogens with zero attached hydrogens (tertiary/aromatic N) is 3. The summed E-state index contributed by atoms with van der Waals surface area (Å²) in [6, 6.07) is 65.2. The molecule has 0 atom stereocenters. The van der Waals surface area contributed by atoms with E-state index in [1.165, 1.54) is 38.2 Å². The molecule has 0 aliphatic carbocycles. The molecule has 0 bridgehead atoms. The van der Waals surface area contributed by atoms with E-state index in [1.54, 1.807) is 6.07 Å². The second kappa shape index (κ2) is 16.3. The van der Waals surface area contributed by atoms with Crippen molar-refractivity contribution in [3.63, 3.8) is 0 Å². The molecular weight excluding hydrogens is 950 g/mol. The Kier molecular flexibility index (Phi) is 10.8. The first-order chi connectivity index (χ1) is 29.9. The molecule has 0 fully saturated rings. The van der Waals surface area contributed by atoms with Gasteiger partial charge in [-0.1, -0.05) is 168 Å². The number of fused-ring (bicyclic) bond motifs is 4. The largest absolute Gasteiger partial charge is 0.507 e. The second-order valence-corrected chi connectivity index (χ2v) is 18.4. The van der Waals surface area contributed by atoms with Crippen molar-refractivity contribution in [2.24, 2.45) is 0 Å². The van der Waals surface area contributed by atoms with E-state index in [1.807, 2.05) is 24.3 Å². The molecule has 312 valence electrons. The summed E-state index contributed by atoms with van der Waals surface area (Å²) < 4.78 is 2.39. The quantitative estimate of drug-likeness (QED) is 0.169. The van der Waals surface area contributed by atoms with Crippen LogP contribution in [0.3, 0.4) is 0 Å². The molecule has 7 aromatic carbocycles. The predicted octanol–water partition coefficient (Wildman–Crippen LogP) is 15.2. The number of phenols is 1. The van der Waals surface area contributed by atoms with Crippen molar-refractivity contribution in [3.05, 3.63) is 193 Å². The molecule has 0 saturated heterocycles. The minimum Gasteiger partial charge on any atom is -0.507 e. The van der Waals surface area contributed by atoms with E-state index < -0.39 is 0 Å². The molecule has 0 aliphatic heterocycles. The first-order valence-corrected chi connectivity index (χ1v) is 21.4. The van der Waals surface area contributed by atoms with Crippen LogP contribution in [0.1, 0.15) is 52.7 Å². The average Bonchev–Trinajstić information content (AvgIpc) is 3.61. The molecule has 3 aromatic heterocycles. The van der Waals surface area contributed by atoms with Crippen LogP contribution in [0.2, 0.25) is 0 Å². The minimum atomic E-state index is -0.0446. The van der Waals surface area contributed by atoms with Gasteiger partial charge in [0.25, 0.3) is 0 Å². The van der Waals surface area contributed by atoms with Gasteiger partial charge in [0.05, 0.1) is 28.1 Å². The number of pyridine rings is 2. The SMILES string of the molecule is CC(C)(C)c1cc(-c2cc(-c3[c-]c(-c4cccc(-c5ccc6c7ccccc7n(-c7cccc8ccccc78)c6c5)n4)ccc3)nc(-c3ccccc3O)c2)cc(C(C)(C)C)c1.[Pt]. The zero-order chi connectivity index (χ0) is 42.8. The molecule has 10 rings (SSSR count). The van der Waals surface area contributed by atoms with Crippen molar-refractivity contribution in [2.75, 3.05) is 0 Å². The van der Waals surface area contributed by atoms with Crippen molar-refractivity contribution < 1.29 is 26.2 Å². The molecular formula is C58H48N3OPt-. The van der Waals surface area contributed by atoms with Gasteiger partial charge >= 0.3 is 0 Å². The van der Waals surface area contributed by atoms with Gasteiger partial charge in [0.15, 0.2) is 0 Å². The number of hydrogen-bond acceptors (Lipinski definition) is 3. The van der Waals surface area contributed by atoms with E-state index in [0.717, 1.165) is 56.1 Å². The molecule has 10 aromatic rings. The third kappa shape index (κ3) is 7.90. The fraction of sp³-hybridized carbons (Fsp3) is 0.138. The van der Waals surface area contributed by atoms with Gasteiger partial charge in [0.2, 0.25) is 0 Å². The third-order valence-corrected chi connectivity index (χ3v) is 12.1. The molecule has 3 heterocycles. The van der Waals surface area contributed by atoms with Crippen LogP contribution in [0.5, 0.6) is 5.75 Å². The van der Waals surface area contributed by atoms with E-state index in [0.29, 0.717) is 11.3 Å². The number of hydrogen-bond donors (Lipinski definition) is 1. The molecule has 63 heavy (non-hydrogen) atoms. The van der Waals surface area contributed by atoms with Gasteiger partial charge in [0, 0.05) is 59.7 Å². The van der Waals surface area contributed by atoms with Crippen molar-refractivity contribution in [2.45, 2.75) is 52.4 Å². The number of phenolic OH excluding ortho intramolecular Hbond substituents is 1. The van der Waals surface area contributed by atoms with Crippen LogP contribution in [-0.4, -0.2) is 19.6 Å². The molecule has 0 aliphatic rings. The molecule has 0 unspecified atom stereocenters. The molecule has 0 spiro atoms. The molecule has 0 amide bonds. The van der Waals surface area contributed by atoms with Gasteiger partial charge < -0.3 is 9.67 Å². The number of aromatic nitrogens is 3. The normalized spacial score (nSPS) is 11.9. The van der Waals surface area contributed by atoms with Crippen molar-refractivity contribution in [1.82, 2.24) is 14.5 Å². The van der Waals surface area contributed by atoms with Crippen LogP contribution in [-0.2, 0) is 31.9 Å². The molecule has 1 N–H and O–H groups in total. The number of benzene rings is 7. The van der Waals surface area contributed by atoms with Crippen LogP contribution in [0, 0.1) is 6.07 Å². The van der Waals surface area contributed by atoms with Crippen LogP contribution >= 0.6 is 0 Å². The Bertz CT molecular complexity index is 3310. The Morgan fingerprint density at radius 3 is 1.78 bits per heavy atom. The van der Waals surface area contributed by atoms with E-state index in [9.17, 15) is 5.11 Å². The second-order valence-electron chi connectivity index (χ2n) is 18.4. The van der Waals surface area contributed by atoms with E-state index >= 15 is 0 Å². The Morgan fingerprint density at radius 1 is 0.444 bits per heavy atom. The summed E-state index contributed by atoms with van der Waals surface area (Å²) in [5.74, 6) is 0.191. The molecule has 0 saturated carbocycles. The Labute approximate surface area is 384 Å². The standard InChI is InChI=1S/C58H48N3O.Pt/c1-57(2,3)43-31-41(32-44(36-43)58(4,5)6)42-33-51(60-52(34-42)48-22-10-12-27-56(48)62)39-19-13-18-38(30-39)49-23-15-24-50(59-49)40-28-29-47-46-21-9-11-25-54(46)61(55(47)35-40)53-26-14-17-37-16-7-8-20-45(37)53;/h7-29,31-36,62H,1-6H3;/q-1;. The van der Waals surface area contributed by atoms with Gasteiger partial charge in [-0.3, -0.25) is 9.97 Å². The van der Waals surface area contributed by atoms with E-state index in [-0.39, 0.29) is 37.6 Å². The maximum absolute atomic E-state index is 11.1. The number of rotatable bonds is 6. The smallest absolute Gasteiger partial charge is 0.124 e. The first kappa shape index (κ1) is 41.7. The fourth-order valence-electron chi connectivity index (χ4n) is 8.63. The van der Waals surface area contributed by atoms with Gasteiger partial charge in [-0.2, -0.15) is 0 Å². The predicted molar refractivity (Wildman–Crippen MR) is 259 cm³/mol. The summed E-state index contributed by atoms with van der Waals surface area (Å²) in [6.07, 6.45) is 0. The summed E-state index contributed by atoms with van der Waals surface area (Å²) in [5, 5.41) is 15.9. The maximum Gasteiger partial charge on any atom is 0.124 e. The van der Waals surface area contributed by atoms with E-state index in [4.69, 9.17) is 9.97 Å². The summed E-state index contributed by atoms with van der Waals surface area (Å²) in [4.78, 5) is 10.5. The van der Waals surface area contributed by atoms with Gasteiger partial charge in [0.1, 0.15) is 5.75 Å². The van der Waals surface area contributed by atoms with Crippen LogP contribution < -0.4 is 0 Å². The first-order valence-electron chi connectivity index (χ1n) is 21.4. The number of para-hydroxylation sites is 2. The summed E-state index contributed by atoms with van der Waals surface area (Å²) in [6.45, 7) is 13.6. The fourth-order valence-corrected chi connectivity index (χ4v) is 8.63. The zero-order valence-electron chi connectivity index (χ0n) is 36.3. The Morgan fingerprint density at radius 2 is 1.02 bits per heavy atom. The van der Waals surface area contributed by atoms with Gasteiger partial charge in [-0.15, -0.1) is 24.3 Å². The molecule has 5 heteroatoms. The minimum absolute atomic E-state index is 0. The van der Waals surface area contributed by atoms with Crippen LogP contribution in [0.4, 0.5) is 0 Å². The van der Waals surface area contributed by atoms with Crippen LogP contribution in [0.15, 0.2) is 176 Å². The number of aromatic hydroxyl groups is 1. The Balaban J connectivity index is 0.00000504. The summed E-state index contributed by atoms with van der Waals surface area (Å²) in [7, 11) is 0. The summed E-state index contributed by atoms with van der Waals surface area (Å²) in [5.41, 5.74) is 14.7. The van der Waals surface area contributed by atoms with Gasteiger partial charge in [-0.05, 0) is 80.9 Å². The molecule has 4 nitrogen and oxygen atoms in total. The maximum atomic E-state index is 11.1.